The van der Waals surface area contributed by atoms with Crippen LogP contribution in [0.4, 0.5) is 0 Å². The molecular weight excluding hydrogens is 459 g/mol. The van der Waals surface area contributed by atoms with Gasteiger partial charge in [-0.25, -0.2) is 0 Å². The highest BCUT2D eigenvalue weighted by Gasteiger charge is 2.21. The van der Waals surface area contributed by atoms with Crippen LogP contribution in [0.15, 0.2) is 29.3 Å². The van der Waals surface area contributed by atoms with Crippen LogP contribution in [0.5, 0.6) is 0 Å². The average molecular weight is 493 g/mol. The van der Waals surface area contributed by atoms with E-state index in [-0.39, 0.29) is 24.0 Å². The zero-order chi connectivity index (χ0) is 18.1. The van der Waals surface area contributed by atoms with Crippen LogP contribution in [0.3, 0.4) is 0 Å². The van der Waals surface area contributed by atoms with Crippen molar-refractivity contribution in [2.45, 2.75) is 58.5 Å². The van der Waals surface area contributed by atoms with Crippen molar-refractivity contribution in [1.29, 1.82) is 0 Å². The Labute approximate surface area is 181 Å². The molecule has 4 nitrogen and oxygen atoms in total. The van der Waals surface area contributed by atoms with Crippen LogP contribution in [0.1, 0.15) is 45.6 Å². The van der Waals surface area contributed by atoms with Gasteiger partial charge in [-0.2, -0.15) is 0 Å². The number of guanidine groups is 1. The van der Waals surface area contributed by atoms with Gasteiger partial charge in [-0.05, 0) is 64.2 Å². The third-order valence-corrected chi connectivity index (χ3v) is 5.00. The van der Waals surface area contributed by atoms with Crippen molar-refractivity contribution >= 4 is 41.5 Å². The van der Waals surface area contributed by atoms with E-state index in [0.29, 0.717) is 12.1 Å². The van der Waals surface area contributed by atoms with E-state index in [1.165, 1.54) is 31.5 Å². The maximum atomic E-state index is 5.93. The zero-order valence-electron chi connectivity index (χ0n) is 16.3. The monoisotopic (exact) mass is 492 g/mol. The topological polar surface area (TPSA) is 39.7 Å². The van der Waals surface area contributed by atoms with Gasteiger partial charge in [-0.1, -0.05) is 23.7 Å². The third-order valence-electron chi connectivity index (χ3n) is 4.75. The first kappa shape index (κ1) is 23.5. The summed E-state index contributed by atoms with van der Waals surface area (Å²) < 4.78 is 0. The summed E-state index contributed by atoms with van der Waals surface area (Å²) in [5.74, 6) is 0.960. The van der Waals surface area contributed by atoms with Crippen molar-refractivity contribution in [3.8, 4) is 0 Å². The summed E-state index contributed by atoms with van der Waals surface area (Å²) in [4.78, 5) is 7.30. The Hall–Kier alpha value is -0.530. The number of rotatable bonds is 7. The lowest BCUT2D eigenvalue weighted by atomic mass is 10.0. The normalized spacial score (nSPS) is 16.4. The molecule has 148 valence electrons. The third kappa shape index (κ3) is 8.44. The van der Waals surface area contributed by atoms with Crippen LogP contribution < -0.4 is 10.6 Å². The maximum Gasteiger partial charge on any atom is 0.191 e. The number of nitrogens with zero attached hydrogens (tertiary/aromatic N) is 2. The fourth-order valence-electron chi connectivity index (χ4n) is 3.20. The number of nitrogens with one attached hydrogen (secondary N) is 2. The van der Waals surface area contributed by atoms with Gasteiger partial charge in [-0.15, -0.1) is 24.0 Å². The van der Waals surface area contributed by atoms with Crippen molar-refractivity contribution in [2.24, 2.45) is 4.99 Å². The van der Waals surface area contributed by atoms with Crippen LogP contribution in [0.25, 0.3) is 0 Å². The van der Waals surface area contributed by atoms with Crippen molar-refractivity contribution in [2.75, 3.05) is 26.2 Å². The highest BCUT2D eigenvalue weighted by Crippen LogP contribution is 2.13. The molecule has 1 heterocycles. The second-order valence-corrected chi connectivity index (χ2v) is 7.48. The molecular formula is C20H34ClIN4. The lowest BCUT2D eigenvalue weighted by Gasteiger charge is -2.35. The maximum absolute atomic E-state index is 5.93. The summed E-state index contributed by atoms with van der Waals surface area (Å²) in [7, 11) is 0. The molecule has 26 heavy (non-hydrogen) atoms. The predicted molar refractivity (Wildman–Crippen MR) is 124 cm³/mol. The smallest absolute Gasteiger partial charge is 0.191 e. The summed E-state index contributed by atoms with van der Waals surface area (Å²) in [6, 6.07) is 9.28. The molecule has 2 rings (SSSR count). The SMILES string of the molecule is CCNC(=NCCCc1ccc(Cl)cc1)NC1CCN(C(C)C)CC1.I. The average Bonchev–Trinajstić information content (AvgIpc) is 2.61. The minimum atomic E-state index is 0. The number of hydrogen-bond donors (Lipinski definition) is 2. The van der Waals surface area contributed by atoms with Crippen LogP contribution in [-0.2, 0) is 6.42 Å². The molecule has 1 aromatic rings. The molecule has 1 saturated heterocycles. The molecule has 1 aliphatic heterocycles. The van der Waals surface area contributed by atoms with E-state index in [1.807, 2.05) is 12.1 Å². The molecule has 1 aromatic carbocycles. The Balaban J connectivity index is 0.00000338. The highest BCUT2D eigenvalue weighted by atomic mass is 127. The van der Waals surface area contributed by atoms with Gasteiger partial charge in [0.1, 0.15) is 0 Å². The highest BCUT2D eigenvalue weighted by molar-refractivity contribution is 14.0. The number of aliphatic imine (C=N–C) groups is 1. The minimum Gasteiger partial charge on any atom is -0.357 e. The lowest BCUT2D eigenvalue weighted by Crippen LogP contribution is -2.49. The molecule has 2 N–H and O–H groups in total. The van der Waals surface area contributed by atoms with E-state index < -0.39 is 0 Å². The second kappa shape index (κ2) is 12.8. The minimum absolute atomic E-state index is 0. The van der Waals surface area contributed by atoms with Gasteiger partial charge >= 0.3 is 0 Å². The second-order valence-electron chi connectivity index (χ2n) is 7.04. The molecule has 0 spiro atoms. The number of piperidine rings is 1. The number of hydrogen-bond acceptors (Lipinski definition) is 2. The largest absolute Gasteiger partial charge is 0.357 e. The summed E-state index contributed by atoms with van der Waals surface area (Å²) in [5.41, 5.74) is 1.32. The van der Waals surface area contributed by atoms with Crippen LogP contribution in [0.2, 0.25) is 5.02 Å². The van der Waals surface area contributed by atoms with Gasteiger partial charge in [0.05, 0.1) is 0 Å². The number of benzene rings is 1. The molecule has 0 atom stereocenters. The Morgan fingerprint density at radius 1 is 1.23 bits per heavy atom. The summed E-state index contributed by atoms with van der Waals surface area (Å²) in [6.07, 6.45) is 4.46. The van der Waals surface area contributed by atoms with E-state index in [0.717, 1.165) is 36.9 Å². The van der Waals surface area contributed by atoms with Gasteiger partial charge in [0.25, 0.3) is 0 Å². The standard InChI is InChI=1S/C20H33ClN4.HI/c1-4-22-20(24-19-11-14-25(15-12-19)16(2)3)23-13-5-6-17-7-9-18(21)10-8-17;/h7-10,16,19H,4-6,11-15H2,1-3H3,(H2,22,23,24);1H. The molecule has 0 saturated carbocycles. The van der Waals surface area contributed by atoms with E-state index in [1.54, 1.807) is 0 Å². The first-order valence-electron chi connectivity index (χ1n) is 9.61. The quantitative estimate of drug-likeness (QED) is 0.258. The van der Waals surface area contributed by atoms with Crippen molar-refractivity contribution in [3.63, 3.8) is 0 Å². The van der Waals surface area contributed by atoms with Crippen molar-refractivity contribution in [1.82, 2.24) is 15.5 Å². The predicted octanol–water partition coefficient (Wildman–Crippen LogP) is 4.32. The molecule has 6 heteroatoms. The fourth-order valence-corrected chi connectivity index (χ4v) is 3.32. The Kier molecular flexibility index (Phi) is 11.6. The Bertz CT molecular complexity index is 525. The molecule has 0 aliphatic carbocycles. The zero-order valence-corrected chi connectivity index (χ0v) is 19.4. The molecule has 0 aromatic heterocycles. The molecule has 0 bridgehead atoms. The number of likely N-dealkylation sites (tertiary alicyclic amines) is 1. The van der Waals surface area contributed by atoms with Crippen molar-refractivity contribution < 1.29 is 0 Å². The molecule has 0 amide bonds. The van der Waals surface area contributed by atoms with Gasteiger partial charge in [-0.3, -0.25) is 4.99 Å². The Morgan fingerprint density at radius 2 is 1.88 bits per heavy atom. The fraction of sp³-hybridized carbons (Fsp3) is 0.650. The lowest BCUT2D eigenvalue weighted by molar-refractivity contribution is 0.167. The van der Waals surface area contributed by atoms with E-state index in [2.05, 4.69) is 48.4 Å². The molecule has 1 aliphatic rings. The van der Waals surface area contributed by atoms with E-state index in [9.17, 15) is 0 Å². The van der Waals surface area contributed by atoms with Gasteiger partial charge in [0.2, 0.25) is 0 Å². The Morgan fingerprint density at radius 3 is 2.46 bits per heavy atom. The molecule has 0 unspecified atom stereocenters. The van der Waals surface area contributed by atoms with E-state index in [4.69, 9.17) is 16.6 Å². The number of halogens is 2. The number of aryl methyl sites for hydroxylation is 1. The van der Waals surface area contributed by atoms with Gasteiger partial charge in [0.15, 0.2) is 5.96 Å². The summed E-state index contributed by atoms with van der Waals surface area (Å²) in [5, 5.41) is 7.79. The van der Waals surface area contributed by atoms with Crippen molar-refractivity contribution in [3.05, 3.63) is 34.9 Å². The first-order chi connectivity index (χ1) is 12.1. The van der Waals surface area contributed by atoms with Crippen LogP contribution >= 0.6 is 35.6 Å². The molecule has 1 fully saturated rings. The van der Waals surface area contributed by atoms with Crippen LogP contribution in [0, 0.1) is 0 Å². The van der Waals surface area contributed by atoms with E-state index >= 15 is 0 Å². The summed E-state index contributed by atoms with van der Waals surface area (Å²) in [6.45, 7) is 10.7. The van der Waals surface area contributed by atoms with Gasteiger partial charge in [0, 0.05) is 43.3 Å². The van der Waals surface area contributed by atoms with Gasteiger partial charge < -0.3 is 15.5 Å². The first-order valence-corrected chi connectivity index (χ1v) is 9.99. The summed E-state index contributed by atoms with van der Waals surface area (Å²) >= 11 is 5.93. The van der Waals surface area contributed by atoms with Crippen LogP contribution in [-0.4, -0.2) is 49.1 Å². The molecule has 0 radical (unpaired) electrons.